The van der Waals surface area contributed by atoms with Crippen molar-refractivity contribution < 1.29 is 23.2 Å². The van der Waals surface area contributed by atoms with E-state index < -0.39 is 16.6 Å². The smallest absolute Gasteiger partial charge is 0.305 e. The number of rotatable bonds is 14. The summed E-state index contributed by atoms with van der Waals surface area (Å²) >= 11 is 8.63. The lowest BCUT2D eigenvalue weighted by Gasteiger charge is -2.39. The summed E-state index contributed by atoms with van der Waals surface area (Å²) in [5.74, 6) is 6.45. The molecule has 0 bridgehead atoms. The van der Waals surface area contributed by atoms with Crippen LogP contribution in [0.15, 0.2) is 36.4 Å². The summed E-state index contributed by atoms with van der Waals surface area (Å²) in [6, 6.07) is 8.31. The maximum atomic E-state index is 13.6. The first-order chi connectivity index (χ1) is 22.3. The van der Waals surface area contributed by atoms with Crippen LogP contribution in [0.25, 0.3) is 10.1 Å². The van der Waals surface area contributed by atoms with Crippen molar-refractivity contribution in [2.45, 2.75) is 129 Å². The highest BCUT2D eigenvalue weighted by Gasteiger charge is 2.44. The van der Waals surface area contributed by atoms with Crippen LogP contribution < -0.4 is 0 Å². The van der Waals surface area contributed by atoms with Gasteiger partial charge in [0.15, 0.2) is 16.6 Å². The Balaban J connectivity index is 1.88. The van der Waals surface area contributed by atoms with Gasteiger partial charge in [-0.15, -0.1) is 23.2 Å². The molecule has 5 nitrogen and oxygen atoms in total. The van der Waals surface area contributed by atoms with Gasteiger partial charge in [-0.3, -0.25) is 9.59 Å². The molecule has 0 saturated heterocycles. The van der Waals surface area contributed by atoms with Crippen molar-refractivity contribution in [2.24, 2.45) is 17.8 Å². The first kappa shape index (κ1) is 40.7. The number of benzene rings is 1. The molecule has 48 heavy (non-hydrogen) atoms. The predicted molar refractivity (Wildman–Crippen MR) is 208 cm³/mol. The Bertz CT molecular complexity index is 1490. The number of hydrogen-bond acceptors (Lipinski definition) is 6. The highest BCUT2D eigenvalue weighted by atomic mass is 35.5. The minimum atomic E-state index is -2.10. The number of aryl methyl sites for hydroxylation is 1. The summed E-state index contributed by atoms with van der Waals surface area (Å²) in [5, 5.41) is 2.11. The second kappa shape index (κ2) is 17.0. The van der Waals surface area contributed by atoms with E-state index in [0.717, 1.165) is 23.3 Å². The Hall–Kier alpha value is -1.74. The van der Waals surface area contributed by atoms with Gasteiger partial charge in [0.05, 0.1) is 18.2 Å². The highest BCUT2D eigenvalue weighted by molar-refractivity contribution is 7.19. The van der Waals surface area contributed by atoms with E-state index >= 15 is 0 Å². The number of esters is 1. The van der Waals surface area contributed by atoms with E-state index in [0.29, 0.717) is 38.7 Å². The lowest BCUT2D eigenvalue weighted by Crippen LogP contribution is -2.43. The Labute approximate surface area is 301 Å². The normalized spacial score (nSPS) is 19.9. The van der Waals surface area contributed by atoms with Crippen molar-refractivity contribution in [1.82, 2.24) is 0 Å². The molecule has 9 heteroatoms. The number of Topliss-reactive ketones (excluding diaryl/α,β-unsaturated/α-hetero) is 1. The first-order valence-electron chi connectivity index (χ1n) is 17.5. The van der Waals surface area contributed by atoms with E-state index in [1.165, 1.54) is 16.7 Å². The topological polar surface area (TPSA) is 61.8 Å². The van der Waals surface area contributed by atoms with E-state index in [1.807, 2.05) is 6.07 Å². The van der Waals surface area contributed by atoms with Crippen molar-refractivity contribution in [2.75, 3.05) is 13.7 Å². The van der Waals surface area contributed by atoms with Gasteiger partial charge in [-0.25, -0.2) is 0 Å². The van der Waals surface area contributed by atoms with Gasteiger partial charge < -0.3 is 13.6 Å². The first-order valence-corrected chi connectivity index (χ1v) is 24.5. The lowest BCUT2D eigenvalue weighted by molar-refractivity contribution is -0.140. The molecule has 4 atom stereocenters. The van der Waals surface area contributed by atoms with E-state index in [-0.39, 0.29) is 45.7 Å². The molecule has 0 amide bonds. The van der Waals surface area contributed by atoms with Crippen molar-refractivity contribution in [3.63, 3.8) is 0 Å². The lowest BCUT2D eigenvalue weighted by atomic mass is 9.86. The summed E-state index contributed by atoms with van der Waals surface area (Å²) in [4.78, 5) is 26.2. The molecule has 1 aliphatic carbocycles. The van der Waals surface area contributed by atoms with Gasteiger partial charge in [0.1, 0.15) is 5.78 Å². The fraction of sp³-hybridized carbons (Fsp3) is 0.641. The standard InChI is InChI=1S/C39H59ClO5SSi2/c1-38(2,3)47(8,9)44-27-28-26-33(41)31(18-14-12-13-15-21-36(42)43-7)30(28)24-22-29(45-48(10,11)39(4,5)6)23-25-35-37(40)32-19-16-17-20-34(32)46-35/h16-17,19-20,22,24,28-31H,13,15,18,21,23,25-27H2,1-11H3/t28-,29?,30-,31+/m0/s1. The largest absolute Gasteiger partial charge is 0.469 e. The zero-order valence-corrected chi connectivity index (χ0v) is 34.8. The maximum absolute atomic E-state index is 13.6. The number of ether oxygens (including phenoxy) is 1. The molecule has 1 saturated carbocycles. The van der Waals surface area contributed by atoms with E-state index in [1.54, 1.807) is 11.3 Å². The molecule has 2 aromatic rings. The average Bonchev–Trinajstić information content (AvgIpc) is 3.48. The Kier molecular flexibility index (Phi) is 14.4. The molecule has 0 N–H and O–H groups in total. The van der Waals surface area contributed by atoms with Gasteiger partial charge in [-0.1, -0.05) is 83.5 Å². The minimum absolute atomic E-state index is 0.0186. The van der Waals surface area contributed by atoms with Gasteiger partial charge in [-0.2, -0.15) is 0 Å². The molecule has 1 unspecified atom stereocenters. The maximum Gasteiger partial charge on any atom is 0.305 e. The number of carbonyl (C=O) groups excluding carboxylic acids is 2. The van der Waals surface area contributed by atoms with Crippen molar-refractivity contribution >= 4 is 61.4 Å². The minimum Gasteiger partial charge on any atom is -0.469 e. The third kappa shape index (κ3) is 10.9. The van der Waals surface area contributed by atoms with Crippen LogP contribution in [-0.2, 0) is 29.6 Å². The van der Waals surface area contributed by atoms with Crippen molar-refractivity contribution in [1.29, 1.82) is 0 Å². The van der Waals surface area contributed by atoms with Crippen LogP contribution in [-0.4, -0.2) is 48.2 Å². The van der Waals surface area contributed by atoms with Crippen LogP contribution in [0.2, 0.25) is 41.3 Å². The highest BCUT2D eigenvalue weighted by Crippen LogP contribution is 2.43. The molecule has 1 heterocycles. The zero-order chi connectivity index (χ0) is 35.9. The zero-order valence-electron chi connectivity index (χ0n) is 31.3. The summed E-state index contributed by atoms with van der Waals surface area (Å²) < 4.78 is 19.7. The van der Waals surface area contributed by atoms with Crippen LogP contribution in [0.1, 0.15) is 84.9 Å². The third-order valence-electron chi connectivity index (χ3n) is 10.8. The SMILES string of the molecule is COC(=O)CCCC#CC[C@H]1C(=O)C[C@@H](CO[Si](C)(C)C(C)(C)C)[C@@H]1C=CC(CCc1sc2ccccc2c1Cl)O[Si](C)(C)C(C)(C)C. The molecule has 3 rings (SSSR count). The number of methoxy groups -OCH3 is 1. The number of carbonyl (C=O) groups is 2. The molecule has 1 fully saturated rings. The van der Waals surface area contributed by atoms with Crippen LogP contribution in [0, 0.1) is 29.6 Å². The van der Waals surface area contributed by atoms with E-state index in [4.69, 9.17) is 25.2 Å². The van der Waals surface area contributed by atoms with Crippen molar-refractivity contribution in [3.8, 4) is 11.8 Å². The van der Waals surface area contributed by atoms with Gasteiger partial charge in [0, 0.05) is 53.2 Å². The molecular weight excluding hydrogens is 672 g/mol. The molecule has 1 aromatic carbocycles. The Morgan fingerprint density at radius 2 is 1.73 bits per heavy atom. The Morgan fingerprint density at radius 3 is 2.35 bits per heavy atom. The number of fused-ring (bicyclic) bond motifs is 1. The van der Waals surface area contributed by atoms with Gasteiger partial charge in [0.2, 0.25) is 0 Å². The molecule has 0 aliphatic heterocycles. The van der Waals surface area contributed by atoms with Crippen LogP contribution >= 0.6 is 22.9 Å². The van der Waals surface area contributed by atoms with E-state index in [2.05, 4.69) is 110 Å². The summed E-state index contributed by atoms with van der Waals surface area (Å²) in [6.07, 6.45) is 8.66. The van der Waals surface area contributed by atoms with Crippen molar-refractivity contribution in [3.05, 3.63) is 46.3 Å². The molecule has 0 spiro atoms. The summed E-state index contributed by atoms with van der Waals surface area (Å²) in [7, 11) is -2.70. The monoisotopic (exact) mass is 730 g/mol. The fourth-order valence-electron chi connectivity index (χ4n) is 5.53. The molecular formula is C39H59ClO5SSi2. The van der Waals surface area contributed by atoms with Gasteiger partial charge in [-0.05, 0) is 73.4 Å². The second-order valence-corrected chi connectivity index (χ2v) is 27.4. The quantitative estimate of drug-likeness (QED) is 0.0637. The molecule has 0 radical (unpaired) electrons. The van der Waals surface area contributed by atoms with E-state index in [9.17, 15) is 9.59 Å². The number of ketones is 1. The predicted octanol–water partition coefficient (Wildman–Crippen LogP) is 11.0. The number of unbranched alkanes of at least 4 members (excludes halogenated alkanes) is 1. The molecule has 266 valence electrons. The number of hydrogen-bond donors (Lipinski definition) is 0. The fourth-order valence-corrected chi connectivity index (χ4v) is 9.44. The van der Waals surface area contributed by atoms with Gasteiger partial charge >= 0.3 is 5.97 Å². The van der Waals surface area contributed by atoms with Gasteiger partial charge in [0.25, 0.3) is 0 Å². The van der Waals surface area contributed by atoms with Crippen LogP contribution in [0.3, 0.4) is 0 Å². The summed E-state index contributed by atoms with van der Waals surface area (Å²) in [5.41, 5.74) is 0. The van der Waals surface area contributed by atoms with Crippen LogP contribution in [0.5, 0.6) is 0 Å². The molecule has 1 aliphatic rings. The molecule has 1 aromatic heterocycles. The average molecular weight is 732 g/mol. The number of thiophene rings is 1. The summed E-state index contributed by atoms with van der Waals surface area (Å²) in [6.45, 7) is 23.3. The number of allylic oxidation sites excluding steroid dienone is 1. The second-order valence-electron chi connectivity index (χ2n) is 16.3. The third-order valence-corrected chi connectivity index (χ3v) is 21.5. The Morgan fingerprint density at radius 1 is 1.06 bits per heavy atom. The number of halogens is 1. The van der Waals surface area contributed by atoms with Crippen LogP contribution in [0.4, 0.5) is 0 Å².